The molecule has 2 aromatic rings. The molecular formula is C16H19N3O3S2. The summed E-state index contributed by atoms with van der Waals surface area (Å²) in [7, 11) is -3.39. The molecule has 0 radical (unpaired) electrons. The molecule has 3 rings (SSSR count). The number of amides is 1. The molecule has 6 nitrogen and oxygen atoms in total. The molecule has 1 aliphatic rings. The number of anilines is 1. The van der Waals surface area contributed by atoms with Crippen LogP contribution < -0.4 is 5.32 Å². The first kappa shape index (κ1) is 17.1. The Hall–Kier alpha value is -1.77. The molecule has 0 aliphatic carbocycles. The summed E-state index contributed by atoms with van der Waals surface area (Å²) in [5, 5.41) is 5.13. The third-order valence-electron chi connectivity index (χ3n) is 3.99. The maximum Gasteiger partial charge on any atom is 0.244 e. The molecule has 1 amide bonds. The molecule has 1 aromatic carbocycles. The third-order valence-corrected chi connectivity index (χ3v) is 6.03. The Morgan fingerprint density at radius 3 is 2.75 bits per heavy atom. The average Bonchev–Trinajstić information content (AvgIpc) is 3.03. The summed E-state index contributed by atoms with van der Waals surface area (Å²) in [4.78, 5) is 16.9. The fourth-order valence-corrected chi connectivity index (χ4v) is 4.67. The van der Waals surface area contributed by atoms with E-state index in [0.717, 1.165) is 30.4 Å². The van der Waals surface area contributed by atoms with Crippen molar-refractivity contribution >= 4 is 32.4 Å². The molecule has 0 saturated carbocycles. The van der Waals surface area contributed by atoms with E-state index in [4.69, 9.17) is 0 Å². The van der Waals surface area contributed by atoms with Gasteiger partial charge in [-0.15, -0.1) is 11.3 Å². The van der Waals surface area contributed by atoms with Crippen LogP contribution in [0.15, 0.2) is 35.7 Å². The van der Waals surface area contributed by atoms with Crippen molar-refractivity contribution in [1.29, 1.82) is 0 Å². The highest BCUT2D eigenvalue weighted by molar-refractivity contribution is 7.88. The minimum atomic E-state index is -3.39. The van der Waals surface area contributed by atoms with Gasteiger partial charge in [0.1, 0.15) is 6.04 Å². The van der Waals surface area contributed by atoms with Gasteiger partial charge in [-0.25, -0.2) is 13.4 Å². The topological polar surface area (TPSA) is 79.4 Å². The van der Waals surface area contributed by atoms with Gasteiger partial charge in [-0.2, -0.15) is 4.31 Å². The Morgan fingerprint density at radius 1 is 1.29 bits per heavy atom. The molecule has 1 saturated heterocycles. The van der Waals surface area contributed by atoms with Gasteiger partial charge in [0.25, 0.3) is 0 Å². The second-order valence-electron chi connectivity index (χ2n) is 5.78. The van der Waals surface area contributed by atoms with E-state index in [9.17, 15) is 13.2 Å². The number of carbonyl (C=O) groups excluding carboxylic acids is 1. The van der Waals surface area contributed by atoms with E-state index in [1.807, 2.05) is 35.7 Å². The molecule has 1 aliphatic heterocycles. The molecular weight excluding hydrogens is 346 g/mol. The van der Waals surface area contributed by atoms with Gasteiger partial charge in [0.15, 0.2) is 5.13 Å². The summed E-state index contributed by atoms with van der Waals surface area (Å²) in [6.45, 7) is 0.393. The molecule has 1 atom stereocenters. The quantitative estimate of drug-likeness (QED) is 0.903. The highest BCUT2D eigenvalue weighted by Crippen LogP contribution is 2.26. The standard InChI is InChI=1S/C16H19N3O3S2/c1-24(21,22)19-10-6-5-9-14(19)15(20)18-16-17-13(11-23-16)12-7-3-2-4-8-12/h2-4,7-8,11,14H,5-6,9-10H2,1H3,(H,17,18,20). The Balaban J connectivity index is 1.74. The van der Waals surface area contributed by atoms with E-state index in [0.29, 0.717) is 18.1 Å². The first-order valence-corrected chi connectivity index (χ1v) is 10.5. The molecule has 2 heterocycles. The number of benzene rings is 1. The predicted octanol–water partition coefficient (Wildman–Crippen LogP) is 2.56. The lowest BCUT2D eigenvalue weighted by Gasteiger charge is -2.32. The normalized spacial score (nSPS) is 19.1. The van der Waals surface area contributed by atoms with Crippen molar-refractivity contribution in [3.05, 3.63) is 35.7 Å². The van der Waals surface area contributed by atoms with Crippen molar-refractivity contribution in [2.24, 2.45) is 0 Å². The molecule has 1 N–H and O–H groups in total. The zero-order chi connectivity index (χ0) is 17.2. The predicted molar refractivity (Wildman–Crippen MR) is 95.4 cm³/mol. The summed E-state index contributed by atoms with van der Waals surface area (Å²) in [5.41, 5.74) is 1.77. The number of thiazole rings is 1. The second-order valence-corrected chi connectivity index (χ2v) is 8.57. The van der Waals surface area contributed by atoms with E-state index in [1.165, 1.54) is 15.6 Å². The fourth-order valence-electron chi connectivity index (χ4n) is 2.83. The summed E-state index contributed by atoms with van der Waals surface area (Å²) in [6, 6.07) is 9.04. The average molecular weight is 365 g/mol. The minimum Gasteiger partial charge on any atom is -0.301 e. The Labute approximate surface area is 145 Å². The number of aromatic nitrogens is 1. The van der Waals surface area contributed by atoms with E-state index < -0.39 is 16.1 Å². The van der Waals surface area contributed by atoms with Crippen LogP contribution in [0, 0.1) is 0 Å². The zero-order valence-electron chi connectivity index (χ0n) is 13.3. The Bertz CT molecular complexity index is 818. The summed E-state index contributed by atoms with van der Waals surface area (Å²) in [6.07, 6.45) is 3.31. The van der Waals surface area contributed by atoms with Crippen LogP contribution in [0.25, 0.3) is 11.3 Å². The van der Waals surface area contributed by atoms with Gasteiger partial charge in [0.05, 0.1) is 11.9 Å². The van der Waals surface area contributed by atoms with Crippen LogP contribution in [-0.2, 0) is 14.8 Å². The number of nitrogens with zero attached hydrogens (tertiary/aromatic N) is 2. The van der Waals surface area contributed by atoms with Crippen molar-refractivity contribution in [3.63, 3.8) is 0 Å². The molecule has 0 bridgehead atoms. The first-order chi connectivity index (χ1) is 11.4. The van der Waals surface area contributed by atoms with Crippen LogP contribution in [-0.4, -0.2) is 42.5 Å². The van der Waals surface area contributed by atoms with Crippen LogP contribution in [0.3, 0.4) is 0 Å². The lowest BCUT2D eigenvalue weighted by molar-refractivity contribution is -0.120. The van der Waals surface area contributed by atoms with E-state index in [2.05, 4.69) is 10.3 Å². The molecule has 1 unspecified atom stereocenters. The number of rotatable bonds is 4. The maximum atomic E-state index is 12.5. The van der Waals surface area contributed by atoms with Crippen LogP contribution in [0.4, 0.5) is 5.13 Å². The van der Waals surface area contributed by atoms with Crippen LogP contribution >= 0.6 is 11.3 Å². The molecule has 128 valence electrons. The van der Waals surface area contributed by atoms with E-state index in [1.54, 1.807) is 0 Å². The summed E-state index contributed by atoms with van der Waals surface area (Å²) < 4.78 is 25.0. The highest BCUT2D eigenvalue weighted by atomic mass is 32.2. The van der Waals surface area contributed by atoms with Crippen molar-refractivity contribution in [2.75, 3.05) is 18.1 Å². The van der Waals surface area contributed by atoms with Gasteiger partial charge >= 0.3 is 0 Å². The van der Waals surface area contributed by atoms with Crippen molar-refractivity contribution in [1.82, 2.24) is 9.29 Å². The smallest absolute Gasteiger partial charge is 0.244 e. The third kappa shape index (κ3) is 3.82. The molecule has 1 fully saturated rings. The number of hydrogen-bond acceptors (Lipinski definition) is 5. The van der Waals surface area contributed by atoms with Gasteiger partial charge < -0.3 is 5.32 Å². The lowest BCUT2D eigenvalue weighted by Crippen LogP contribution is -2.49. The van der Waals surface area contributed by atoms with Crippen molar-refractivity contribution < 1.29 is 13.2 Å². The van der Waals surface area contributed by atoms with Gasteiger partial charge in [0, 0.05) is 17.5 Å². The molecule has 24 heavy (non-hydrogen) atoms. The Kier molecular flexibility index (Phi) is 4.98. The molecule has 8 heteroatoms. The fraction of sp³-hybridized carbons (Fsp3) is 0.375. The van der Waals surface area contributed by atoms with E-state index >= 15 is 0 Å². The second kappa shape index (κ2) is 7.00. The van der Waals surface area contributed by atoms with Gasteiger partial charge in [-0.3, -0.25) is 4.79 Å². The van der Waals surface area contributed by atoms with Crippen molar-refractivity contribution in [3.8, 4) is 11.3 Å². The lowest BCUT2D eigenvalue weighted by atomic mass is 10.0. The highest BCUT2D eigenvalue weighted by Gasteiger charge is 2.34. The van der Waals surface area contributed by atoms with Crippen molar-refractivity contribution in [2.45, 2.75) is 25.3 Å². The largest absolute Gasteiger partial charge is 0.301 e. The first-order valence-electron chi connectivity index (χ1n) is 7.74. The molecule has 1 aromatic heterocycles. The molecule has 0 spiro atoms. The van der Waals surface area contributed by atoms with Gasteiger partial charge in [-0.1, -0.05) is 36.8 Å². The van der Waals surface area contributed by atoms with Crippen LogP contribution in [0.1, 0.15) is 19.3 Å². The number of carbonyl (C=O) groups is 1. The minimum absolute atomic E-state index is 0.311. The number of sulfonamides is 1. The Morgan fingerprint density at radius 2 is 2.04 bits per heavy atom. The number of hydrogen-bond donors (Lipinski definition) is 1. The zero-order valence-corrected chi connectivity index (χ0v) is 14.9. The monoisotopic (exact) mass is 365 g/mol. The SMILES string of the molecule is CS(=O)(=O)N1CCCCC1C(=O)Nc1nc(-c2ccccc2)cs1. The summed E-state index contributed by atoms with van der Waals surface area (Å²) >= 11 is 1.33. The summed E-state index contributed by atoms with van der Waals surface area (Å²) in [5.74, 6) is -0.311. The number of nitrogens with one attached hydrogen (secondary N) is 1. The van der Waals surface area contributed by atoms with Gasteiger partial charge in [-0.05, 0) is 12.8 Å². The van der Waals surface area contributed by atoms with Gasteiger partial charge in [0.2, 0.25) is 15.9 Å². The van der Waals surface area contributed by atoms with E-state index in [-0.39, 0.29) is 5.91 Å². The van der Waals surface area contributed by atoms with Crippen LogP contribution in [0.2, 0.25) is 0 Å². The number of piperidine rings is 1. The maximum absolute atomic E-state index is 12.5. The van der Waals surface area contributed by atoms with Crippen LogP contribution in [0.5, 0.6) is 0 Å².